The van der Waals surface area contributed by atoms with Crippen LogP contribution in [0.3, 0.4) is 0 Å². The van der Waals surface area contributed by atoms with Gasteiger partial charge in [-0.05, 0) is 25.7 Å². The summed E-state index contributed by atoms with van der Waals surface area (Å²) >= 11 is 0. The van der Waals surface area contributed by atoms with Crippen molar-refractivity contribution in [3.8, 4) is 6.07 Å². The number of urea groups is 1. The lowest BCUT2D eigenvalue weighted by Gasteiger charge is -2.39. The van der Waals surface area contributed by atoms with Gasteiger partial charge in [0, 0.05) is 18.4 Å². The van der Waals surface area contributed by atoms with Gasteiger partial charge in [-0.3, -0.25) is 10.1 Å². The molecule has 5 nitrogen and oxygen atoms in total. The zero-order chi connectivity index (χ0) is 13.5. The van der Waals surface area contributed by atoms with Crippen LogP contribution in [0.15, 0.2) is 0 Å². The summed E-state index contributed by atoms with van der Waals surface area (Å²) in [6.45, 7) is 0.568. The van der Waals surface area contributed by atoms with Gasteiger partial charge in [0.15, 0.2) is 0 Å². The van der Waals surface area contributed by atoms with E-state index in [9.17, 15) is 9.59 Å². The van der Waals surface area contributed by atoms with Crippen LogP contribution < -0.4 is 5.32 Å². The van der Waals surface area contributed by atoms with Gasteiger partial charge in [0.2, 0.25) is 0 Å². The fourth-order valence-corrected chi connectivity index (χ4v) is 3.53. The molecule has 2 aliphatic carbocycles. The van der Waals surface area contributed by atoms with Gasteiger partial charge in [-0.25, -0.2) is 4.79 Å². The Bertz CT molecular complexity index is 456. The molecule has 0 bridgehead atoms. The molecule has 5 heteroatoms. The van der Waals surface area contributed by atoms with E-state index in [1.54, 1.807) is 4.90 Å². The van der Waals surface area contributed by atoms with Crippen LogP contribution in [0, 0.1) is 16.7 Å². The molecule has 2 saturated carbocycles. The van der Waals surface area contributed by atoms with Crippen LogP contribution >= 0.6 is 0 Å². The number of imide groups is 1. The largest absolute Gasteiger partial charge is 0.325 e. The molecule has 0 unspecified atom stereocenters. The Hall–Kier alpha value is -1.57. The monoisotopic (exact) mass is 261 g/mol. The summed E-state index contributed by atoms with van der Waals surface area (Å²) in [5.74, 6) is -0.120. The maximum Gasteiger partial charge on any atom is 0.325 e. The molecule has 102 valence electrons. The number of carbonyl (C=O) groups excluding carboxylic acids is 2. The minimum atomic E-state index is -0.611. The predicted octanol–water partition coefficient (Wildman–Crippen LogP) is 1.93. The molecule has 3 amide bonds. The number of carbonyl (C=O) groups is 2. The molecule has 1 heterocycles. The van der Waals surface area contributed by atoms with Crippen molar-refractivity contribution < 1.29 is 9.59 Å². The lowest BCUT2D eigenvalue weighted by Crippen LogP contribution is -2.52. The Morgan fingerprint density at radius 2 is 1.84 bits per heavy atom. The quantitative estimate of drug-likeness (QED) is 0.789. The zero-order valence-electron chi connectivity index (χ0n) is 11.1. The van der Waals surface area contributed by atoms with E-state index in [1.165, 1.54) is 0 Å². The van der Waals surface area contributed by atoms with E-state index >= 15 is 0 Å². The van der Waals surface area contributed by atoms with Gasteiger partial charge in [-0.15, -0.1) is 0 Å². The van der Waals surface area contributed by atoms with Crippen molar-refractivity contribution in [2.75, 3.05) is 6.54 Å². The number of nitriles is 1. The third kappa shape index (κ3) is 1.90. The summed E-state index contributed by atoms with van der Waals surface area (Å²) in [5, 5.41) is 11.4. The molecular weight excluding hydrogens is 242 g/mol. The van der Waals surface area contributed by atoms with Crippen LogP contribution in [0.5, 0.6) is 0 Å². The number of rotatable bonds is 3. The van der Waals surface area contributed by atoms with Crippen molar-refractivity contribution in [3.05, 3.63) is 0 Å². The minimum Gasteiger partial charge on any atom is -0.309 e. The van der Waals surface area contributed by atoms with Gasteiger partial charge in [0.1, 0.15) is 5.54 Å². The first-order valence-electron chi connectivity index (χ1n) is 7.12. The highest BCUT2D eigenvalue weighted by Crippen LogP contribution is 2.51. The normalized spacial score (nSPS) is 27.2. The molecule has 1 saturated heterocycles. The minimum absolute atomic E-state index is 0.0405. The average molecular weight is 261 g/mol. The molecule has 0 atom stereocenters. The van der Waals surface area contributed by atoms with E-state index in [4.69, 9.17) is 5.26 Å². The molecule has 3 rings (SSSR count). The first-order chi connectivity index (χ1) is 9.12. The standard InChI is InChI=1S/C14H19N3O2/c15-9-8-13(6-7-13)10-17-12(19)16-11(18)14(17)4-2-1-3-5-14/h1-8,10H2,(H,16,18,19). The first kappa shape index (κ1) is 12.5. The second-order valence-corrected chi connectivity index (χ2v) is 6.27. The van der Waals surface area contributed by atoms with Crippen LogP contribution in [-0.4, -0.2) is 28.9 Å². The second kappa shape index (κ2) is 4.22. The number of amides is 3. The van der Waals surface area contributed by atoms with Crippen molar-refractivity contribution in [2.45, 2.75) is 56.9 Å². The highest BCUT2D eigenvalue weighted by atomic mass is 16.2. The van der Waals surface area contributed by atoms with E-state index in [-0.39, 0.29) is 17.4 Å². The third-order valence-electron chi connectivity index (χ3n) is 4.99. The van der Waals surface area contributed by atoms with E-state index in [2.05, 4.69) is 11.4 Å². The summed E-state index contributed by atoms with van der Waals surface area (Å²) < 4.78 is 0. The van der Waals surface area contributed by atoms with Gasteiger partial charge in [-0.2, -0.15) is 5.26 Å². The number of nitrogens with one attached hydrogen (secondary N) is 1. The second-order valence-electron chi connectivity index (χ2n) is 6.27. The Labute approximate surface area is 112 Å². The highest BCUT2D eigenvalue weighted by molar-refractivity contribution is 6.07. The van der Waals surface area contributed by atoms with E-state index in [0.29, 0.717) is 13.0 Å². The maximum absolute atomic E-state index is 12.2. The molecule has 3 aliphatic rings. The molecule has 0 aromatic heterocycles. The van der Waals surface area contributed by atoms with Crippen LogP contribution in [0.4, 0.5) is 4.79 Å². The topological polar surface area (TPSA) is 73.2 Å². The van der Waals surface area contributed by atoms with Gasteiger partial charge in [0.05, 0.1) is 6.07 Å². The SMILES string of the molecule is N#CCC1(CN2C(=O)NC(=O)C23CCCCC3)CC1. The smallest absolute Gasteiger partial charge is 0.309 e. The molecule has 0 aromatic carbocycles. The fraction of sp³-hybridized carbons (Fsp3) is 0.786. The predicted molar refractivity (Wildman–Crippen MR) is 68.0 cm³/mol. The lowest BCUT2D eigenvalue weighted by molar-refractivity contribution is -0.128. The summed E-state index contributed by atoms with van der Waals surface area (Å²) in [7, 11) is 0. The Kier molecular flexibility index (Phi) is 2.77. The van der Waals surface area contributed by atoms with Gasteiger partial charge in [-0.1, -0.05) is 19.3 Å². The molecule has 0 radical (unpaired) electrons. The number of hydrogen-bond donors (Lipinski definition) is 1. The van der Waals surface area contributed by atoms with Crippen LogP contribution in [0.25, 0.3) is 0 Å². The molecular formula is C14H19N3O2. The molecule has 1 N–H and O–H groups in total. The van der Waals surface area contributed by atoms with Crippen molar-refractivity contribution in [2.24, 2.45) is 5.41 Å². The molecule has 1 aliphatic heterocycles. The van der Waals surface area contributed by atoms with E-state index in [1.807, 2.05) is 0 Å². The van der Waals surface area contributed by atoms with Crippen molar-refractivity contribution in [1.82, 2.24) is 10.2 Å². The lowest BCUT2D eigenvalue weighted by atomic mass is 9.80. The van der Waals surface area contributed by atoms with E-state index < -0.39 is 5.54 Å². The Morgan fingerprint density at radius 1 is 1.16 bits per heavy atom. The Morgan fingerprint density at radius 3 is 2.42 bits per heavy atom. The van der Waals surface area contributed by atoms with Crippen molar-refractivity contribution >= 4 is 11.9 Å². The Balaban J connectivity index is 1.83. The van der Waals surface area contributed by atoms with Gasteiger partial charge >= 0.3 is 6.03 Å². The maximum atomic E-state index is 12.2. The summed E-state index contributed by atoms with van der Waals surface area (Å²) in [5.41, 5.74) is -0.651. The average Bonchev–Trinajstić information content (AvgIpc) is 3.12. The zero-order valence-corrected chi connectivity index (χ0v) is 11.1. The third-order valence-corrected chi connectivity index (χ3v) is 4.99. The van der Waals surface area contributed by atoms with Crippen molar-refractivity contribution in [1.29, 1.82) is 5.26 Å². The summed E-state index contributed by atoms with van der Waals surface area (Å²) in [6.07, 6.45) is 7.16. The van der Waals surface area contributed by atoms with Crippen LogP contribution in [-0.2, 0) is 4.79 Å². The molecule has 3 fully saturated rings. The molecule has 1 spiro atoms. The molecule has 0 aromatic rings. The van der Waals surface area contributed by atoms with Crippen LogP contribution in [0.1, 0.15) is 51.4 Å². The number of hydrogen-bond acceptors (Lipinski definition) is 3. The summed E-state index contributed by atoms with van der Waals surface area (Å²) in [4.78, 5) is 26.0. The fourth-order valence-electron chi connectivity index (χ4n) is 3.53. The van der Waals surface area contributed by atoms with Gasteiger partial charge < -0.3 is 4.90 Å². The summed E-state index contributed by atoms with van der Waals surface area (Å²) in [6, 6.07) is 1.96. The van der Waals surface area contributed by atoms with Crippen molar-refractivity contribution in [3.63, 3.8) is 0 Å². The number of nitrogens with zero attached hydrogens (tertiary/aromatic N) is 2. The van der Waals surface area contributed by atoms with E-state index in [0.717, 1.165) is 44.9 Å². The van der Waals surface area contributed by atoms with Crippen LogP contribution in [0.2, 0.25) is 0 Å². The first-order valence-corrected chi connectivity index (χ1v) is 7.12. The highest BCUT2D eigenvalue weighted by Gasteiger charge is 2.56. The molecule has 19 heavy (non-hydrogen) atoms. The van der Waals surface area contributed by atoms with Gasteiger partial charge in [0.25, 0.3) is 5.91 Å².